The fourth-order valence-corrected chi connectivity index (χ4v) is 5.09. The molecule has 1 N–H and O–H groups in total. The highest BCUT2D eigenvalue weighted by molar-refractivity contribution is 7.99. The fourth-order valence-electron chi connectivity index (χ4n) is 3.92. The second-order valence-corrected chi connectivity index (χ2v) is 8.67. The number of benzene rings is 2. The van der Waals surface area contributed by atoms with Gasteiger partial charge in [0, 0.05) is 40.6 Å². The predicted octanol–water partition coefficient (Wildman–Crippen LogP) is 3.66. The first kappa shape index (κ1) is 20.7. The highest BCUT2D eigenvalue weighted by Gasteiger charge is 2.22. The van der Waals surface area contributed by atoms with Gasteiger partial charge in [-0.15, -0.1) is 0 Å². The summed E-state index contributed by atoms with van der Waals surface area (Å²) >= 11 is 1.62. The van der Waals surface area contributed by atoms with Crippen LogP contribution in [0.25, 0.3) is 11.3 Å². The number of carbonyl (C=O) groups is 1. The summed E-state index contributed by atoms with van der Waals surface area (Å²) in [6, 6.07) is 14.7. The van der Waals surface area contributed by atoms with Gasteiger partial charge >= 0.3 is 5.97 Å². The molecule has 1 saturated heterocycles. The molecular weight excluding hydrogens is 430 g/mol. The molecule has 32 heavy (non-hydrogen) atoms. The van der Waals surface area contributed by atoms with Crippen LogP contribution in [0.15, 0.2) is 67.5 Å². The minimum absolute atomic E-state index is 0.0909. The van der Waals surface area contributed by atoms with Gasteiger partial charge in [-0.05, 0) is 35.7 Å². The average molecular weight is 452 g/mol. The van der Waals surface area contributed by atoms with Crippen molar-refractivity contribution in [2.45, 2.75) is 16.2 Å². The van der Waals surface area contributed by atoms with Gasteiger partial charge in [0.05, 0.1) is 13.2 Å². The Morgan fingerprint density at radius 2 is 1.94 bits per heavy atom. The summed E-state index contributed by atoms with van der Waals surface area (Å²) in [6.07, 6.45) is 0.684. The Morgan fingerprint density at radius 1 is 1.09 bits per heavy atom. The highest BCUT2D eigenvalue weighted by Crippen LogP contribution is 2.45. The Bertz CT molecular complexity index is 1230. The van der Waals surface area contributed by atoms with Gasteiger partial charge in [-0.3, -0.25) is 4.79 Å². The molecule has 0 radical (unpaired) electrons. The second kappa shape index (κ2) is 8.72. The Kier molecular flexibility index (Phi) is 5.63. The van der Waals surface area contributed by atoms with Crippen LogP contribution in [0.4, 0.5) is 5.88 Å². The molecule has 8 heteroatoms. The first-order valence-corrected chi connectivity index (χ1v) is 11.1. The van der Waals surface area contributed by atoms with Crippen LogP contribution >= 0.6 is 11.8 Å². The Hall–Kier alpha value is -3.23. The van der Waals surface area contributed by atoms with Crippen LogP contribution < -0.4 is 15.1 Å². The van der Waals surface area contributed by atoms with E-state index in [9.17, 15) is 9.59 Å². The fraction of sp³-hybridized carbons (Fsp3) is 0.250. The zero-order valence-electron chi connectivity index (χ0n) is 17.2. The standard InChI is InChI=1S/C24H21NO6S/c26-17-12-20(31-22(13-17)25-6-8-29-9-7-25)19-3-1-2-15-10-16-11-18(30-14-23(27)28)4-5-21(16)32-24(15)19/h1-5,11-13H,6-10,14H2,(H,27,28). The van der Waals surface area contributed by atoms with Gasteiger partial charge < -0.3 is 23.9 Å². The monoisotopic (exact) mass is 451 g/mol. The zero-order chi connectivity index (χ0) is 22.1. The molecule has 0 atom stereocenters. The van der Waals surface area contributed by atoms with E-state index in [4.69, 9.17) is 19.0 Å². The molecule has 1 fully saturated rings. The van der Waals surface area contributed by atoms with Crippen molar-refractivity contribution >= 4 is 23.6 Å². The van der Waals surface area contributed by atoms with Gasteiger partial charge in [-0.1, -0.05) is 30.0 Å². The molecule has 0 unspecified atom stereocenters. The number of aliphatic carboxylic acids is 1. The minimum atomic E-state index is -1.01. The molecule has 2 aliphatic heterocycles. The number of anilines is 1. The average Bonchev–Trinajstić information content (AvgIpc) is 2.81. The van der Waals surface area contributed by atoms with Crippen molar-refractivity contribution in [2.24, 2.45) is 0 Å². The van der Waals surface area contributed by atoms with Gasteiger partial charge in [0.15, 0.2) is 17.9 Å². The van der Waals surface area contributed by atoms with Crippen LogP contribution in [0.2, 0.25) is 0 Å². The van der Waals surface area contributed by atoms with E-state index in [1.165, 1.54) is 6.07 Å². The van der Waals surface area contributed by atoms with E-state index in [-0.39, 0.29) is 12.0 Å². The third kappa shape index (κ3) is 4.24. The maximum Gasteiger partial charge on any atom is 0.341 e. The number of morpholine rings is 1. The van der Waals surface area contributed by atoms with Crippen LogP contribution in [-0.2, 0) is 16.0 Å². The summed E-state index contributed by atoms with van der Waals surface area (Å²) in [5, 5.41) is 8.83. The number of hydrogen-bond acceptors (Lipinski definition) is 7. The second-order valence-electron chi connectivity index (χ2n) is 7.62. The zero-order valence-corrected chi connectivity index (χ0v) is 18.0. The van der Waals surface area contributed by atoms with E-state index < -0.39 is 5.97 Å². The number of hydrogen-bond donors (Lipinski definition) is 1. The lowest BCUT2D eigenvalue weighted by molar-refractivity contribution is -0.139. The summed E-state index contributed by atoms with van der Waals surface area (Å²) in [6.45, 7) is 2.23. The summed E-state index contributed by atoms with van der Waals surface area (Å²) in [4.78, 5) is 27.4. The summed E-state index contributed by atoms with van der Waals surface area (Å²) in [5.41, 5.74) is 2.99. The minimum Gasteiger partial charge on any atom is -0.482 e. The predicted molar refractivity (Wildman–Crippen MR) is 120 cm³/mol. The van der Waals surface area contributed by atoms with Crippen molar-refractivity contribution in [1.82, 2.24) is 0 Å². The van der Waals surface area contributed by atoms with Crippen molar-refractivity contribution in [3.8, 4) is 17.1 Å². The Balaban J connectivity index is 1.48. The van der Waals surface area contributed by atoms with Crippen LogP contribution in [-0.4, -0.2) is 44.0 Å². The van der Waals surface area contributed by atoms with E-state index in [1.54, 1.807) is 23.9 Å². The lowest BCUT2D eigenvalue weighted by Crippen LogP contribution is -2.36. The van der Waals surface area contributed by atoms with Crippen molar-refractivity contribution in [3.63, 3.8) is 0 Å². The lowest BCUT2D eigenvalue weighted by atomic mass is 10.0. The molecule has 3 heterocycles. The van der Waals surface area contributed by atoms with Crippen molar-refractivity contribution in [3.05, 3.63) is 69.9 Å². The van der Waals surface area contributed by atoms with E-state index in [2.05, 4.69) is 6.07 Å². The van der Waals surface area contributed by atoms with Crippen LogP contribution in [0.5, 0.6) is 5.75 Å². The molecule has 0 spiro atoms. The smallest absolute Gasteiger partial charge is 0.341 e. The lowest BCUT2D eigenvalue weighted by Gasteiger charge is -2.27. The number of fused-ring (bicyclic) bond motifs is 2. The maximum atomic E-state index is 12.5. The van der Waals surface area contributed by atoms with Gasteiger partial charge in [-0.25, -0.2) is 4.79 Å². The SMILES string of the molecule is O=C(O)COc1ccc2c(c1)Cc1cccc(-c3cc(=O)cc(N4CCOCC4)o3)c1S2. The number of carboxylic acids is 1. The van der Waals surface area contributed by atoms with Crippen LogP contribution in [0.3, 0.4) is 0 Å². The molecule has 1 aromatic heterocycles. The maximum absolute atomic E-state index is 12.5. The molecule has 0 aliphatic carbocycles. The Morgan fingerprint density at radius 3 is 2.75 bits per heavy atom. The summed E-state index contributed by atoms with van der Waals surface area (Å²) in [5.74, 6) is 0.645. The van der Waals surface area contributed by atoms with Crippen LogP contribution in [0, 0.1) is 0 Å². The molecule has 0 saturated carbocycles. The topological polar surface area (TPSA) is 89.2 Å². The largest absolute Gasteiger partial charge is 0.482 e. The molecule has 164 valence electrons. The van der Waals surface area contributed by atoms with E-state index in [0.717, 1.165) is 26.5 Å². The van der Waals surface area contributed by atoms with Crippen molar-refractivity contribution in [2.75, 3.05) is 37.8 Å². The first-order valence-electron chi connectivity index (χ1n) is 10.3. The molecule has 0 amide bonds. The number of carboxylic acid groups (broad SMARTS) is 1. The quantitative estimate of drug-likeness (QED) is 0.492. The Labute approximate surface area is 188 Å². The van der Waals surface area contributed by atoms with E-state index in [0.29, 0.717) is 50.1 Å². The summed E-state index contributed by atoms with van der Waals surface area (Å²) in [7, 11) is 0. The normalized spacial score (nSPS) is 15.1. The van der Waals surface area contributed by atoms with Gasteiger partial charge in [0.2, 0.25) is 0 Å². The van der Waals surface area contributed by atoms with Crippen LogP contribution in [0.1, 0.15) is 11.1 Å². The van der Waals surface area contributed by atoms with Crippen molar-refractivity contribution in [1.29, 1.82) is 0 Å². The number of nitrogens with zero attached hydrogens (tertiary/aromatic N) is 1. The van der Waals surface area contributed by atoms with E-state index in [1.807, 2.05) is 29.2 Å². The first-order chi connectivity index (χ1) is 15.6. The van der Waals surface area contributed by atoms with Gasteiger partial charge in [0.25, 0.3) is 0 Å². The number of rotatable bonds is 5. The molecule has 2 aliphatic rings. The third-order valence-corrected chi connectivity index (χ3v) is 6.73. The summed E-state index contributed by atoms with van der Waals surface area (Å²) < 4.78 is 16.9. The molecule has 0 bridgehead atoms. The van der Waals surface area contributed by atoms with Crippen molar-refractivity contribution < 1.29 is 23.8 Å². The third-order valence-electron chi connectivity index (χ3n) is 5.43. The van der Waals surface area contributed by atoms with E-state index >= 15 is 0 Å². The van der Waals surface area contributed by atoms with Gasteiger partial charge in [-0.2, -0.15) is 0 Å². The molecular formula is C24H21NO6S. The van der Waals surface area contributed by atoms with Gasteiger partial charge in [0.1, 0.15) is 11.5 Å². The number of ether oxygens (including phenoxy) is 2. The molecule has 7 nitrogen and oxygen atoms in total. The molecule has 2 aromatic carbocycles. The highest BCUT2D eigenvalue weighted by atomic mass is 32.2. The molecule has 5 rings (SSSR count). The molecule has 3 aromatic rings.